The van der Waals surface area contributed by atoms with Gasteiger partial charge in [-0.2, -0.15) is 5.26 Å². The van der Waals surface area contributed by atoms with E-state index < -0.39 is 5.60 Å². The summed E-state index contributed by atoms with van der Waals surface area (Å²) in [6.45, 7) is 2.02. The molecule has 0 spiro atoms. The lowest BCUT2D eigenvalue weighted by atomic mass is 9.87. The highest BCUT2D eigenvalue weighted by Crippen LogP contribution is 2.44. The summed E-state index contributed by atoms with van der Waals surface area (Å²) in [5, 5.41) is 16.3. The number of hydrogen-bond donors (Lipinski definition) is 0. The predicted molar refractivity (Wildman–Crippen MR) is 151 cm³/mol. The van der Waals surface area contributed by atoms with E-state index in [0.717, 1.165) is 16.1 Å². The molecule has 1 unspecified atom stereocenters. The van der Waals surface area contributed by atoms with Crippen molar-refractivity contribution in [2.75, 3.05) is 20.7 Å². The summed E-state index contributed by atoms with van der Waals surface area (Å²) < 4.78 is 33.8. The first-order chi connectivity index (χ1) is 19.8. The molecular weight excluding hydrogens is 567 g/mol. The van der Waals surface area contributed by atoms with E-state index in [-0.39, 0.29) is 31.3 Å². The monoisotopic (exact) mass is 590 g/mol. The number of rotatable bonds is 8. The second kappa shape index (κ2) is 10.5. The Labute approximate surface area is 241 Å². The zero-order valence-electron chi connectivity index (χ0n) is 22.3. The summed E-state index contributed by atoms with van der Waals surface area (Å²) in [5.74, 6) is 0.318. The van der Waals surface area contributed by atoms with Crippen molar-refractivity contribution < 1.29 is 23.1 Å². The number of methoxy groups -OCH3 is 1. The van der Waals surface area contributed by atoms with Crippen molar-refractivity contribution in [3.63, 3.8) is 0 Å². The van der Waals surface area contributed by atoms with Crippen molar-refractivity contribution in [1.29, 1.82) is 5.26 Å². The summed E-state index contributed by atoms with van der Waals surface area (Å²) in [5.41, 5.74) is 2.38. The number of furan rings is 1. The molecule has 4 aromatic heterocycles. The highest BCUT2D eigenvalue weighted by molar-refractivity contribution is 7.18. The number of carbonyl (C=O) groups is 1. The lowest BCUT2D eigenvalue weighted by molar-refractivity contribution is -0.0535. The summed E-state index contributed by atoms with van der Waals surface area (Å²) in [4.78, 5) is 23.7. The lowest BCUT2D eigenvalue weighted by Gasteiger charge is -2.31. The van der Waals surface area contributed by atoms with Crippen molar-refractivity contribution in [3.05, 3.63) is 70.3 Å². The van der Waals surface area contributed by atoms with Crippen LogP contribution in [-0.2, 0) is 16.9 Å². The van der Waals surface area contributed by atoms with Crippen LogP contribution < -0.4 is 4.74 Å². The normalized spacial score (nSPS) is 16.3. The third-order valence-electron chi connectivity index (χ3n) is 6.70. The largest absolute Gasteiger partial charge is 0.472 e. The lowest BCUT2D eigenvalue weighted by Crippen LogP contribution is -2.28. The Morgan fingerprint density at radius 3 is 2.85 bits per heavy atom. The SMILES string of the molecule is COc1nn2cc(-c3cc4c(o3)C=C(F)CC4(C)OCc3csc(-c4ccc(C(=O)N(C)CC#N)cc4)n3)nc2s1. The minimum Gasteiger partial charge on any atom is -0.472 e. The molecule has 0 saturated heterocycles. The van der Waals surface area contributed by atoms with Gasteiger partial charge in [-0.05, 0) is 36.5 Å². The molecule has 208 valence electrons. The smallest absolute Gasteiger partial charge is 0.294 e. The third-order valence-corrected chi connectivity index (χ3v) is 8.52. The molecule has 0 fully saturated rings. The Bertz CT molecular complexity index is 1800. The molecule has 5 aromatic rings. The highest BCUT2D eigenvalue weighted by atomic mass is 32.1. The van der Waals surface area contributed by atoms with Crippen LogP contribution in [0.3, 0.4) is 0 Å². The van der Waals surface area contributed by atoms with Gasteiger partial charge in [0, 0.05) is 41.6 Å². The molecule has 0 radical (unpaired) electrons. The van der Waals surface area contributed by atoms with Crippen LogP contribution in [0.4, 0.5) is 4.39 Å². The van der Waals surface area contributed by atoms with Gasteiger partial charge in [-0.3, -0.25) is 4.79 Å². The first kappa shape index (κ1) is 26.8. The molecule has 10 nitrogen and oxygen atoms in total. The Morgan fingerprint density at radius 1 is 1.32 bits per heavy atom. The maximum absolute atomic E-state index is 14.7. The summed E-state index contributed by atoms with van der Waals surface area (Å²) in [7, 11) is 3.14. The maximum atomic E-state index is 14.7. The zero-order chi connectivity index (χ0) is 28.7. The number of benzene rings is 1. The molecule has 1 aromatic carbocycles. The van der Waals surface area contributed by atoms with E-state index in [1.165, 1.54) is 33.6 Å². The second-order valence-electron chi connectivity index (χ2n) is 9.64. The molecule has 0 aliphatic heterocycles. The average Bonchev–Trinajstić information content (AvgIpc) is 3.74. The van der Waals surface area contributed by atoms with Gasteiger partial charge in [0.2, 0.25) is 4.96 Å². The molecule has 1 aliphatic rings. The Hall–Kier alpha value is -4.38. The van der Waals surface area contributed by atoms with E-state index in [2.05, 4.69) is 15.1 Å². The van der Waals surface area contributed by atoms with Crippen LogP contribution in [0.25, 0.3) is 33.1 Å². The number of fused-ring (bicyclic) bond motifs is 2. The molecule has 1 aliphatic carbocycles. The molecular formula is C28H23FN6O4S2. The number of nitriles is 1. The van der Waals surface area contributed by atoms with Gasteiger partial charge in [0.15, 0.2) is 5.76 Å². The number of thiazole rings is 1. The minimum absolute atomic E-state index is 0.0197. The molecule has 1 atom stereocenters. The molecule has 4 heterocycles. The Kier molecular flexibility index (Phi) is 6.90. The maximum Gasteiger partial charge on any atom is 0.294 e. The predicted octanol–water partition coefficient (Wildman–Crippen LogP) is 5.92. The molecule has 6 rings (SSSR count). The van der Waals surface area contributed by atoms with Gasteiger partial charge in [0.1, 0.15) is 34.4 Å². The van der Waals surface area contributed by atoms with Crippen LogP contribution in [0.1, 0.15) is 40.7 Å². The standard InChI is InChI=1S/C28H23FN6O4S2/c1-28(38-14-19-15-40-24(31-19)16-4-6-17(7-5-16)25(36)34(2)9-8-30)12-18(29)10-22-20(28)11-23(39-22)21-13-35-26(32-21)41-27(33-35)37-3/h4-7,10-11,13,15H,9,12,14H2,1-3H3. The van der Waals surface area contributed by atoms with Gasteiger partial charge in [-0.25, -0.2) is 18.9 Å². The van der Waals surface area contributed by atoms with Crippen LogP contribution in [0.5, 0.6) is 5.19 Å². The fraction of sp³-hybridized carbons (Fsp3) is 0.250. The molecule has 0 bridgehead atoms. The van der Waals surface area contributed by atoms with Gasteiger partial charge in [-0.1, -0.05) is 12.1 Å². The fourth-order valence-corrected chi connectivity index (χ4v) is 6.08. The van der Waals surface area contributed by atoms with Gasteiger partial charge >= 0.3 is 0 Å². The van der Waals surface area contributed by atoms with E-state index >= 15 is 0 Å². The van der Waals surface area contributed by atoms with Crippen molar-refractivity contribution in [3.8, 4) is 33.3 Å². The number of hydrogen-bond acceptors (Lipinski definition) is 10. The van der Waals surface area contributed by atoms with Crippen molar-refractivity contribution in [2.45, 2.75) is 25.6 Å². The van der Waals surface area contributed by atoms with Crippen LogP contribution in [0.15, 0.2) is 52.2 Å². The highest BCUT2D eigenvalue weighted by Gasteiger charge is 2.38. The zero-order valence-corrected chi connectivity index (χ0v) is 23.9. The topological polar surface area (TPSA) is 119 Å². The van der Waals surface area contributed by atoms with Crippen LogP contribution in [0, 0.1) is 11.3 Å². The van der Waals surface area contributed by atoms with Gasteiger partial charge < -0.3 is 18.8 Å². The Morgan fingerprint density at radius 2 is 2.12 bits per heavy atom. The van der Waals surface area contributed by atoms with Crippen molar-refractivity contribution in [1.82, 2.24) is 24.5 Å². The first-order valence-electron chi connectivity index (χ1n) is 12.5. The average molecular weight is 591 g/mol. The number of nitrogens with zero attached hydrogens (tertiary/aromatic N) is 6. The number of amides is 1. The second-order valence-corrected chi connectivity index (χ2v) is 11.4. The quantitative estimate of drug-likeness (QED) is 0.204. The number of aromatic nitrogens is 4. The fourth-order valence-electron chi connectivity index (χ4n) is 4.57. The third kappa shape index (κ3) is 5.13. The molecule has 13 heteroatoms. The number of carbonyl (C=O) groups excluding carboxylic acids is 1. The van der Waals surface area contributed by atoms with E-state index in [1.54, 1.807) is 37.0 Å². The summed E-state index contributed by atoms with van der Waals surface area (Å²) in [6, 6.07) is 10.9. The van der Waals surface area contributed by atoms with Crippen LogP contribution in [0.2, 0.25) is 0 Å². The molecule has 41 heavy (non-hydrogen) atoms. The van der Waals surface area contributed by atoms with Crippen molar-refractivity contribution in [2.24, 2.45) is 0 Å². The molecule has 1 amide bonds. The molecule has 0 saturated carbocycles. The van der Waals surface area contributed by atoms with Gasteiger partial charge in [0.25, 0.3) is 11.1 Å². The number of ether oxygens (including phenoxy) is 2. The van der Waals surface area contributed by atoms with Crippen LogP contribution >= 0.6 is 22.7 Å². The Balaban J connectivity index is 1.18. The summed E-state index contributed by atoms with van der Waals surface area (Å²) >= 11 is 2.76. The minimum atomic E-state index is -0.976. The summed E-state index contributed by atoms with van der Waals surface area (Å²) in [6.07, 6.45) is 3.18. The number of halogens is 1. The number of imidazole rings is 1. The van der Waals surface area contributed by atoms with E-state index in [0.29, 0.717) is 38.6 Å². The van der Waals surface area contributed by atoms with Crippen LogP contribution in [-0.4, -0.2) is 51.1 Å². The van der Waals surface area contributed by atoms with E-state index in [1.807, 2.05) is 36.6 Å². The van der Waals surface area contributed by atoms with Gasteiger partial charge in [-0.15, -0.1) is 16.4 Å². The van der Waals surface area contributed by atoms with E-state index in [9.17, 15) is 9.18 Å². The molecule has 0 N–H and O–H groups in total. The first-order valence-corrected chi connectivity index (χ1v) is 14.2. The van der Waals surface area contributed by atoms with Gasteiger partial charge in [0.05, 0.1) is 31.7 Å². The van der Waals surface area contributed by atoms with Crippen molar-refractivity contribution >= 4 is 39.6 Å². The van der Waals surface area contributed by atoms with E-state index in [4.69, 9.17) is 19.2 Å².